The van der Waals surface area contributed by atoms with Crippen molar-refractivity contribution < 1.29 is 4.79 Å². The van der Waals surface area contributed by atoms with E-state index in [4.69, 9.17) is 11.6 Å². The van der Waals surface area contributed by atoms with Crippen LogP contribution >= 0.6 is 11.6 Å². The van der Waals surface area contributed by atoms with Gasteiger partial charge in [-0.2, -0.15) is 5.10 Å². The van der Waals surface area contributed by atoms with Crippen molar-refractivity contribution in [3.8, 4) is 17.1 Å². The summed E-state index contributed by atoms with van der Waals surface area (Å²) in [7, 11) is 2.16. The Morgan fingerprint density at radius 1 is 1.03 bits per heavy atom. The highest BCUT2D eigenvalue weighted by atomic mass is 35.5. The van der Waals surface area contributed by atoms with E-state index in [9.17, 15) is 4.79 Å². The number of anilines is 1. The normalized spacial score (nSPS) is 14.7. The molecule has 1 aliphatic rings. The molecule has 6 rings (SSSR count). The lowest BCUT2D eigenvalue weighted by atomic mass is 10.1. The van der Waals surface area contributed by atoms with Crippen LogP contribution in [0.4, 0.5) is 5.69 Å². The second-order valence-corrected chi connectivity index (χ2v) is 10.1. The first-order valence-electron chi connectivity index (χ1n) is 12.6. The molecule has 1 amide bonds. The lowest BCUT2D eigenvalue weighted by Gasteiger charge is -2.32. The van der Waals surface area contributed by atoms with Crippen LogP contribution in [0.1, 0.15) is 15.9 Å². The molecule has 192 valence electrons. The van der Waals surface area contributed by atoms with E-state index in [2.05, 4.69) is 49.4 Å². The van der Waals surface area contributed by atoms with Crippen molar-refractivity contribution in [1.29, 1.82) is 0 Å². The van der Waals surface area contributed by atoms with Crippen LogP contribution in [-0.4, -0.2) is 68.7 Å². The number of benzene rings is 3. The van der Waals surface area contributed by atoms with Crippen LogP contribution in [0.15, 0.2) is 79.1 Å². The SMILES string of the molecule is CN1CCN(Cc2ccc(NC(=O)c3ccc4nc(-c5cnn(-c6ccccc6Cl)c5)[nH]c4c3)cc2)CC1. The number of fused-ring (bicyclic) bond motifs is 1. The van der Waals surface area contributed by atoms with Gasteiger partial charge in [-0.25, -0.2) is 9.67 Å². The van der Waals surface area contributed by atoms with Crippen LogP contribution in [0.3, 0.4) is 0 Å². The zero-order valence-corrected chi connectivity index (χ0v) is 21.8. The first-order valence-corrected chi connectivity index (χ1v) is 13.0. The van der Waals surface area contributed by atoms with E-state index >= 15 is 0 Å². The summed E-state index contributed by atoms with van der Waals surface area (Å²) < 4.78 is 1.72. The van der Waals surface area contributed by atoms with Gasteiger partial charge in [0.05, 0.1) is 33.5 Å². The molecule has 0 saturated carbocycles. The fourth-order valence-corrected chi connectivity index (χ4v) is 4.89. The van der Waals surface area contributed by atoms with E-state index in [1.54, 1.807) is 16.9 Å². The topological polar surface area (TPSA) is 82.1 Å². The van der Waals surface area contributed by atoms with Gasteiger partial charge in [-0.15, -0.1) is 0 Å². The maximum Gasteiger partial charge on any atom is 0.255 e. The second kappa shape index (κ2) is 10.4. The van der Waals surface area contributed by atoms with Crippen LogP contribution in [0.5, 0.6) is 0 Å². The molecule has 0 aliphatic carbocycles. The standard InChI is InChI=1S/C29H28ClN7O/c1-35-12-14-36(15-13-35)18-20-6-9-23(10-7-20)32-29(38)21-8-11-25-26(16-21)34-28(33-25)22-17-31-37(19-22)27-5-3-2-4-24(27)30/h2-11,16-17,19H,12-15,18H2,1H3,(H,32,38)(H,33,34). The number of hydrogen-bond acceptors (Lipinski definition) is 5. The summed E-state index contributed by atoms with van der Waals surface area (Å²) in [4.78, 5) is 25.8. The van der Waals surface area contributed by atoms with Crippen molar-refractivity contribution in [3.63, 3.8) is 0 Å². The highest BCUT2D eigenvalue weighted by Crippen LogP contribution is 2.25. The Bertz CT molecular complexity index is 1580. The Balaban J connectivity index is 1.13. The number of carbonyl (C=O) groups excluding carboxylic acids is 1. The Kier molecular flexibility index (Phi) is 6.68. The maximum absolute atomic E-state index is 13.0. The molecule has 2 aromatic heterocycles. The third kappa shape index (κ3) is 5.19. The number of para-hydroxylation sites is 1. The second-order valence-electron chi connectivity index (χ2n) is 9.67. The molecule has 3 heterocycles. The number of likely N-dealkylation sites (N-methyl/N-ethyl adjacent to an activating group) is 1. The van der Waals surface area contributed by atoms with Crippen LogP contribution < -0.4 is 5.32 Å². The Morgan fingerprint density at radius 2 is 1.82 bits per heavy atom. The Morgan fingerprint density at radius 3 is 2.61 bits per heavy atom. The molecule has 0 radical (unpaired) electrons. The summed E-state index contributed by atoms with van der Waals surface area (Å²) >= 11 is 6.31. The minimum Gasteiger partial charge on any atom is -0.338 e. The van der Waals surface area contributed by atoms with Gasteiger partial charge in [0.15, 0.2) is 0 Å². The minimum atomic E-state index is -0.165. The smallest absolute Gasteiger partial charge is 0.255 e. The average molecular weight is 526 g/mol. The highest BCUT2D eigenvalue weighted by Gasteiger charge is 2.15. The van der Waals surface area contributed by atoms with Crippen LogP contribution in [0.25, 0.3) is 28.1 Å². The number of H-pyrrole nitrogens is 1. The number of imidazole rings is 1. The van der Waals surface area contributed by atoms with Crippen molar-refractivity contribution in [2.75, 3.05) is 38.5 Å². The lowest BCUT2D eigenvalue weighted by molar-refractivity contribution is 0.102. The highest BCUT2D eigenvalue weighted by molar-refractivity contribution is 6.32. The molecule has 5 aromatic rings. The molecule has 1 fully saturated rings. The van der Waals surface area contributed by atoms with Gasteiger partial charge in [0.1, 0.15) is 5.82 Å². The number of carbonyl (C=O) groups is 1. The molecule has 8 nitrogen and oxygen atoms in total. The van der Waals surface area contributed by atoms with E-state index in [1.807, 2.05) is 54.7 Å². The summed E-state index contributed by atoms with van der Waals surface area (Å²) in [6.07, 6.45) is 3.61. The summed E-state index contributed by atoms with van der Waals surface area (Å²) in [5.74, 6) is 0.508. The Labute approximate surface area is 225 Å². The molecule has 3 aromatic carbocycles. The van der Waals surface area contributed by atoms with Gasteiger partial charge in [0.2, 0.25) is 0 Å². The monoisotopic (exact) mass is 525 g/mol. The predicted molar refractivity (Wildman–Crippen MR) is 151 cm³/mol. The number of aromatic amines is 1. The molecule has 0 spiro atoms. The zero-order chi connectivity index (χ0) is 26.1. The Hall–Kier alpha value is -3.98. The minimum absolute atomic E-state index is 0.165. The van der Waals surface area contributed by atoms with E-state index in [-0.39, 0.29) is 5.91 Å². The number of hydrogen-bond donors (Lipinski definition) is 2. The molecule has 9 heteroatoms. The number of amides is 1. The fourth-order valence-electron chi connectivity index (χ4n) is 4.66. The number of halogens is 1. The lowest BCUT2D eigenvalue weighted by Crippen LogP contribution is -2.43. The first kappa shape index (κ1) is 24.4. The van der Waals surface area contributed by atoms with E-state index in [0.29, 0.717) is 16.4 Å². The van der Waals surface area contributed by atoms with Gasteiger partial charge in [-0.05, 0) is 55.1 Å². The summed E-state index contributed by atoms with van der Waals surface area (Å²) in [5, 5.41) is 8.05. The number of nitrogens with one attached hydrogen (secondary N) is 2. The summed E-state index contributed by atoms with van der Waals surface area (Å²) in [5.41, 5.74) is 5.75. The van der Waals surface area contributed by atoms with Crippen molar-refractivity contribution >= 4 is 34.2 Å². The summed E-state index contributed by atoms with van der Waals surface area (Å²) in [6.45, 7) is 5.29. The fraction of sp³-hybridized carbons (Fsp3) is 0.207. The molecular weight excluding hydrogens is 498 g/mol. The third-order valence-electron chi connectivity index (χ3n) is 6.91. The maximum atomic E-state index is 13.0. The molecular formula is C29H28ClN7O. The van der Waals surface area contributed by atoms with Gasteiger partial charge in [-0.3, -0.25) is 9.69 Å². The molecule has 1 aliphatic heterocycles. The average Bonchev–Trinajstić information content (AvgIpc) is 3.58. The van der Waals surface area contributed by atoms with E-state index in [1.165, 1.54) is 5.56 Å². The van der Waals surface area contributed by atoms with Crippen molar-refractivity contribution in [1.82, 2.24) is 29.5 Å². The van der Waals surface area contributed by atoms with Gasteiger partial charge in [0.25, 0.3) is 5.91 Å². The van der Waals surface area contributed by atoms with Crippen LogP contribution in [0, 0.1) is 0 Å². The third-order valence-corrected chi connectivity index (χ3v) is 7.23. The number of rotatable bonds is 6. The van der Waals surface area contributed by atoms with E-state index in [0.717, 1.165) is 60.7 Å². The predicted octanol–water partition coefficient (Wildman–Crippen LogP) is 5.07. The first-order chi connectivity index (χ1) is 18.5. The van der Waals surface area contributed by atoms with Gasteiger partial charge in [0, 0.05) is 50.2 Å². The molecule has 38 heavy (non-hydrogen) atoms. The van der Waals surface area contributed by atoms with Gasteiger partial charge in [-0.1, -0.05) is 35.9 Å². The largest absolute Gasteiger partial charge is 0.338 e. The van der Waals surface area contributed by atoms with Crippen LogP contribution in [-0.2, 0) is 6.54 Å². The van der Waals surface area contributed by atoms with Gasteiger partial charge >= 0.3 is 0 Å². The molecule has 0 unspecified atom stereocenters. The number of aromatic nitrogens is 4. The quantitative estimate of drug-likeness (QED) is 0.323. The number of nitrogens with zero attached hydrogens (tertiary/aromatic N) is 5. The molecule has 2 N–H and O–H groups in total. The molecule has 0 atom stereocenters. The number of piperazine rings is 1. The molecule has 1 saturated heterocycles. The van der Waals surface area contributed by atoms with Crippen molar-refractivity contribution in [2.45, 2.75) is 6.54 Å². The van der Waals surface area contributed by atoms with Crippen LogP contribution in [0.2, 0.25) is 5.02 Å². The van der Waals surface area contributed by atoms with Crippen molar-refractivity contribution in [3.05, 3.63) is 95.3 Å². The van der Waals surface area contributed by atoms with Crippen molar-refractivity contribution in [2.24, 2.45) is 0 Å². The molecule has 0 bridgehead atoms. The van der Waals surface area contributed by atoms with E-state index < -0.39 is 0 Å². The van der Waals surface area contributed by atoms with Gasteiger partial charge < -0.3 is 15.2 Å². The summed E-state index contributed by atoms with van der Waals surface area (Å²) in [6, 6.07) is 21.1. The zero-order valence-electron chi connectivity index (χ0n) is 21.1.